The molecular formula is C21H21N5O4. The summed E-state index contributed by atoms with van der Waals surface area (Å²) in [5, 5.41) is 5.62. The van der Waals surface area contributed by atoms with Crippen molar-refractivity contribution >= 4 is 17.5 Å². The van der Waals surface area contributed by atoms with Crippen LogP contribution in [-0.2, 0) is 11.3 Å². The van der Waals surface area contributed by atoms with Crippen molar-refractivity contribution in [2.45, 2.75) is 20.4 Å². The zero-order chi connectivity index (χ0) is 21.1. The van der Waals surface area contributed by atoms with Gasteiger partial charge in [0, 0.05) is 18.7 Å². The summed E-state index contributed by atoms with van der Waals surface area (Å²) >= 11 is 0. The van der Waals surface area contributed by atoms with E-state index in [1.807, 2.05) is 32.0 Å². The van der Waals surface area contributed by atoms with Crippen LogP contribution in [0.15, 0.2) is 49.1 Å². The van der Waals surface area contributed by atoms with E-state index in [4.69, 9.17) is 9.47 Å². The zero-order valence-electron chi connectivity index (χ0n) is 16.6. The van der Waals surface area contributed by atoms with E-state index in [1.165, 1.54) is 6.33 Å². The first kappa shape index (κ1) is 19.4. The first-order chi connectivity index (χ1) is 14.5. The lowest BCUT2D eigenvalue weighted by Gasteiger charge is -2.08. The highest BCUT2D eigenvalue weighted by atomic mass is 16.7. The molecule has 3 aromatic rings. The van der Waals surface area contributed by atoms with Crippen molar-refractivity contribution in [3.05, 3.63) is 60.3 Å². The van der Waals surface area contributed by atoms with E-state index >= 15 is 0 Å². The quantitative estimate of drug-likeness (QED) is 0.650. The Morgan fingerprint density at radius 1 is 1.13 bits per heavy atom. The summed E-state index contributed by atoms with van der Waals surface area (Å²) in [4.78, 5) is 32.6. The molecule has 0 aliphatic carbocycles. The average Bonchev–Trinajstić information content (AvgIpc) is 3.42. The second-order valence-electron chi connectivity index (χ2n) is 7.09. The molecular weight excluding hydrogens is 386 g/mol. The van der Waals surface area contributed by atoms with Crippen LogP contribution in [0, 0.1) is 5.92 Å². The van der Waals surface area contributed by atoms with Gasteiger partial charge in [0.05, 0.1) is 11.9 Å². The molecule has 0 saturated carbocycles. The first-order valence-electron chi connectivity index (χ1n) is 9.47. The number of hydrogen-bond acceptors (Lipinski definition) is 6. The molecule has 0 unspecified atom stereocenters. The summed E-state index contributed by atoms with van der Waals surface area (Å²) in [6.45, 7) is 4.19. The molecule has 0 bridgehead atoms. The molecule has 9 heteroatoms. The van der Waals surface area contributed by atoms with Crippen molar-refractivity contribution in [3.8, 4) is 17.3 Å². The Hall–Kier alpha value is -3.88. The SMILES string of the molecule is CC(C)C(=O)Nc1ccc(-n2cnc(C(=O)NCc3ccc4c(c3)OCO4)c2)nc1. The molecule has 2 aromatic heterocycles. The van der Waals surface area contributed by atoms with E-state index < -0.39 is 0 Å². The van der Waals surface area contributed by atoms with Crippen LogP contribution in [0.1, 0.15) is 29.9 Å². The maximum atomic E-state index is 12.4. The van der Waals surface area contributed by atoms with Crippen molar-refractivity contribution in [1.82, 2.24) is 19.9 Å². The zero-order valence-corrected chi connectivity index (χ0v) is 16.6. The predicted octanol–water partition coefficient (Wildman–Crippen LogP) is 2.52. The van der Waals surface area contributed by atoms with Gasteiger partial charge in [0.2, 0.25) is 12.7 Å². The molecule has 2 amide bonds. The minimum atomic E-state index is -0.299. The molecule has 0 atom stereocenters. The topological polar surface area (TPSA) is 107 Å². The molecule has 1 aromatic carbocycles. The molecule has 154 valence electrons. The fraction of sp³-hybridized carbons (Fsp3) is 0.238. The van der Waals surface area contributed by atoms with Crippen LogP contribution in [-0.4, -0.2) is 33.1 Å². The Morgan fingerprint density at radius 3 is 2.73 bits per heavy atom. The largest absolute Gasteiger partial charge is 0.454 e. The lowest BCUT2D eigenvalue weighted by atomic mass is 10.2. The fourth-order valence-electron chi connectivity index (χ4n) is 2.79. The number of carbonyl (C=O) groups is 2. The Bertz CT molecular complexity index is 1080. The number of anilines is 1. The number of aromatic nitrogens is 3. The van der Waals surface area contributed by atoms with Gasteiger partial charge in [0.15, 0.2) is 11.5 Å². The summed E-state index contributed by atoms with van der Waals surface area (Å²) in [7, 11) is 0. The van der Waals surface area contributed by atoms with Gasteiger partial charge in [-0.1, -0.05) is 19.9 Å². The smallest absolute Gasteiger partial charge is 0.271 e. The number of fused-ring (bicyclic) bond motifs is 1. The minimum absolute atomic E-state index is 0.0754. The summed E-state index contributed by atoms with van der Waals surface area (Å²) in [5.74, 6) is 1.47. The van der Waals surface area contributed by atoms with Crippen LogP contribution >= 0.6 is 0 Å². The Labute approximate surface area is 173 Å². The Morgan fingerprint density at radius 2 is 1.97 bits per heavy atom. The molecule has 4 rings (SSSR count). The normalized spacial score (nSPS) is 12.1. The van der Waals surface area contributed by atoms with E-state index in [-0.39, 0.29) is 30.2 Å². The molecule has 0 radical (unpaired) electrons. The third kappa shape index (κ3) is 4.24. The lowest BCUT2D eigenvalue weighted by Crippen LogP contribution is -2.23. The van der Waals surface area contributed by atoms with Crippen LogP contribution in [0.3, 0.4) is 0 Å². The lowest BCUT2D eigenvalue weighted by molar-refractivity contribution is -0.118. The standard InChI is InChI=1S/C21H21N5O4/c1-13(2)20(27)25-15-4-6-19(22-9-15)26-10-16(24-11-26)21(28)23-8-14-3-5-17-18(7-14)30-12-29-17/h3-7,9-11,13H,8,12H2,1-2H3,(H,23,28)(H,25,27). The molecule has 9 nitrogen and oxygen atoms in total. The van der Waals surface area contributed by atoms with Gasteiger partial charge in [-0.15, -0.1) is 0 Å². The number of nitrogens with zero attached hydrogens (tertiary/aromatic N) is 3. The number of hydrogen-bond donors (Lipinski definition) is 2. The van der Waals surface area contributed by atoms with Crippen LogP contribution in [0.25, 0.3) is 5.82 Å². The van der Waals surface area contributed by atoms with Gasteiger partial charge in [-0.05, 0) is 29.8 Å². The van der Waals surface area contributed by atoms with Gasteiger partial charge in [0.1, 0.15) is 17.8 Å². The van der Waals surface area contributed by atoms with Gasteiger partial charge >= 0.3 is 0 Å². The fourth-order valence-corrected chi connectivity index (χ4v) is 2.79. The van der Waals surface area contributed by atoms with Gasteiger partial charge in [-0.25, -0.2) is 9.97 Å². The first-order valence-corrected chi connectivity index (χ1v) is 9.47. The second-order valence-corrected chi connectivity index (χ2v) is 7.09. The van der Waals surface area contributed by atoms with Gasteiger partial charge in [-0.2, -0.15) is 0 Å². The summed E-state index contributed by atoms with van der Waals surface area (Å²) in [6, 6.07) is 9.02. The van der Waals surface area contributed by atoms with Crippen LogP contribution in [0.2, 0.25) is 0 Å². The number of nitrogens with one attached hydrogen (secondary N) is 2. The second kappa shape index (κ2) is 8.24. The summed E-state index contributed by atoms with van der Waals surface area (Å²) in [5.41, 5.74) is 1.78. The molecule has 30 heavy (non-hydrogen) atoms. The highest BCUT2D eigenvalue weighted by molar-refractivity contribution is 5.92. The maximum Gasteiger partial charge on any atom is 0.271 e. The van der Waals surface area contributed by atoms with Gasteiger partial charge in [0.25, 0.3) is 5.91 Å². The van der Waals surface area contributed by atoms with E-state index in [0.717, 1.165) is 5.56 Å². The average molecular weight is 407 g/mol. The van der Waals surface area contributed by atoms with Crippen molar-refractivity contribution in [3.63, 3.8) is 0 Å². The van der Waals surface area contributed by atoms with Crippen LogP contribution in [0.5, 0.6) is 11.5 Å². The summed E-state index contributed by atoms with van der Waals surface area (Å²) < 4.78 is 12.3. The number of imidazole rings is 1. The number of amides is 2. The van der Waals surface area contributed by atoms with Crippen LogP contribution < -0.4 is 20.1 Å². The van der Waals surface area contributed by atoms with E-state index in [1.54, 1.807) is 29.1 Å². The molecule has 1 aliphatic heterocycles. The number of ether oxygens (including phenoxy) is 2. The highest BCUT2D eigenvalue weighted by Gasteiger charge is 2.15. The molecule has 1 aliphatic rings. The Balaban J connectivity index is 1.37. The number of pyridine rings is 1. The Kier molecular flexibility index (Phi) is 5.34. The predicted molar refractivity (Wildman–Crippen MR) is 109 cm³/mol. The minimum Gasteiger partial charge on any atom is -0.454 e. The molecule has 0 saturated heterocycles. The van der Waals surface area contributed by atoms with Crippen molar-refractivity contribution in [1.29, 1.82) is 0 Å². The molecule has 0 spiro atoms. The van der Waals surface area contributed by atoms with Crippen LogP contribution in [0.4, 0.5) is 5.69 Å². The number of carbonyl (C=O) groups excluding carboxylic acids is 2. The molecule has 3 heterocycles. The number of rotatable bonds is 6. The third-order valence-corrected chi connectivity index (χ3v) is 4.51. The molecule has 2 N–H and O–H groups in total. The summed E-state index contributed by atoms with van der Waals surface area (Å²) in [6.07, 6.45) is 4.68. The monoisotopic (exact) mass is 407 g/mol. The van der Waals surface area contributed by atoms with E-state index in [0.29, 0.717) is 29.5 Å². The van der Waals surface area contributed by atoms with Gasteiger partial charge in [-0.3, -0.25) is 14.2 Å². The van der Waals surface area contributed by atoms with Gasteiger partial charge < -0.3 is 20.1 Å². The van der Waals surface area contributed by atoms with Crippen molar-refractivity contribution < 1.29 is 19.1 Å². The van der Waals surface area contributed by atoms with E-state index in [9.17, 15) is 9.59 Å². The van der Waals surface area contributed by atoms with Crippen molar-refractivity contribution in [2.24, 2.45) is 5.92 Å². The van der Waals surface area contributed by atoms with Crippen molar-refractivity contribution in [2.75, 3.05) is 12.1 Å². The highest BCUT2D eigenvalue weighted by Crippen LogP contribution is 2.32. The third-order valence-electron chi connectivity index (χ3n) is 4.51. The maximum absolute atomic E-state index is 12.4. The molecule has 0 fully saturated rings. The number of benzene rings is 1. The van der Waals surface area contributed by atoms with E-state index in [2.05, 4.69) is 20.6 Å².